The minimum absolute atomic E-state index is 0.134. The number of methoxy groups -OCH3 is 2. The summed E-state index contributed by atoms with van der Waals surface area (Å²) in [4.78, 5) is 4.94. The summed E-state index contributed by atoms with van der Waals surface area (Å²) in [5.74, 6) is 1.14. The first kappa shape index (κ1) is 17.9. The van der Waals surface area contributed by atoms with Crippen molar-refractivity contribution >= 4 is 43.6 Å². The zero-order valence-corrected chi connectivity index (χ0v) is 17.4. The zero-order valence-electron chi connectivity index (χ0n) is 15.8. The number of nitrogens with zero attached hydrogens (tertiary/aromatic N) is 3. The third kappa shape index (κ3) is 2.57. The van der Waals surface area contributed by atoms with Gasteiger partial charge >= 0.3 is 0 Å². The minimum atomic E-state index is -0.282. The average molecular weight is 450 g/mol. The molecule has 1 aromatic heterocycles. The third-order valence-electron chi connectivity index (χ3n) is 5.12. The van der Waals surface area contributed by atoms with Crippen LogP contribution in [-0.4, -0.2) is 30.4 Å². The normalized spacial score (nSPS) is 12.4. The van der Waals surface area contributed by atoms with Crippen LogP contribution in [0, 0.1) is 0 Å². The molecule has 0 fully saturated rings. The van der Waals surface area contributed by atoms with Crippen molar-refractivity contribution < 1.29 is 19.3 Å². The summed E-state index contributed by atoms with van der Waals surface area (Å²) in [7, 11) is 3.26. The summed E-state index contributed by atoms with van der Waals surface area (Å²) in [5, 5.41) is 18.9. The van der Waals surface area contributed by atoms with E-state index in [1.165, 1.54) is 0 Å². The number of aromatic nitrogens is 2. The van der Waals surface area contributed by atoms with Gasteiger partial charge in [0.15, 0.2) is 5.69 Å². The molecule has 0 amide bonds. The number of benzene rings is 3. The van der Waals surface area contributed by atoms with E-state index < -0.39 is 0 Å². The largest absolute Gasteiger partial charge is 0.857 e. The lowest BCUT2D eigenvalue weighted by molar-refractivity contribution is -0.644. The molecule has 6 nitrogen and oxygen atoms in total. The maximum atomic E-state index is 12.3. The van der Waals surface area contributed by atoms with Gasteiger partial charge in [-0.05, 0) is 33.4 Å². The molecule has 0 spiro atoms. The molecule has 0 aliphatic heterocycles. The van der Waals surface area contributed by atoms with Crippen LogP contribution < -0.4 is 19.3 Å². The molecule has 0 saturated carbocycles. The minimum Gasteiger partial charge on any atom is -0.857 e. The Labute approximate surface area is 175 Å². The quantitative estimate of drug-likeness (QED) is 0.183. The second-order valence-corrected chi connectivity index (χ2v) is 7.21. The molecule has 1 aliphatic rings. The fourth-order valence-corrected chi connectivity index (χ4v) is 4.03. The summed E-state index contributed by atoms with van der Waals surface area (Å²) in [5.41, 5.74) is 4.81. The van der Waals surface area contributed by atoms with E-state index in [4.69, 9.17) is 14.5 Å². The van der Waals surface area contributed by atoms with E-state index in [0.29, 0.717) is 11.3 Å². The maximum absolute atomic E-state index is 12.3. The lowest BCUT2D eigenvalue weighted by Gasteiger charge is -2.08. The fourth-order valence-electron chi connectivity index (χ4n) is 3.91. The first-order valence-corrected chi connectivity index (χ1v) is 10.1. The Hall–Kier alpha value is -3.19. The van der Waals surface area contributed by atoms with Crippen LogP contribution in [0.5, 0.6) is 11.5 Å². The standard InChI is InChI=1S/C22H16BrN3O3/c1-28-13-7-8-16-15(10-13)24-21-20-17(29-2)9-6-12-4-3-5-14(19(12)20)22(21)26(16)25-18(27)11-23/h3-10H,11H2,1-2H3. The van der Waals surface area contributed by atoms with Crippen LogP contribution in [0.4, 0.5) is 0 Å². The van der Waals surface area contributed by atoms with E-state index in [2.05, 4.69) is 27.1 Å². The van der Waals surface area contributed by atoms with Gasteiger partial charge in [-0.25, -0.2) is 4.98 Å². The molecular formula is C22H16BrN3O3. The van der Waals surface area contributed by atoms with Gasteiger partial charge in [0.05, 0.1) is 25.3 Å². The summed E-state index contributed by atoms with van der Waals surface area (Å²) in [6, 6.07) is 15.6. The summed E-state index contributed by atoms with van der Waals surface area (Å²) in [6.45, 7) is 0. The van der Waals surface area contributed by atoms with Crippen LogP contribution >= 0.6 is 15.9 Å². The smallest absolute Gasteiger partial charge is 0.272 e. The highest BCUT2D eigenvalue weighted by atomic mass is 79.9. The van der Waals surface area contributed by atoms with Gasteiger partial charge in [-0.2, -0.15) is 0 Å². The molecule has 3 aromatic carbocycles. The van der Waals surface area contributed by atoms with E-state index in [1.54, 1.807) is 18.9 Å². The molecule has 0 N–H and O–H groups in total. The summed E-state index contributed by atoms with van der Waals surface area (Å²) >= 11 is 3.21. The summed E-state index contributed by atoms with van der Waals surface area (Å²) in [6.07, 6.45) is 0. The van der Waals surface area contributed by atoms with Crippen molar-refractivity contribution in [2.75, 3.05) is 19.5 Å². The molecule has 7 heteroatoms. The Morgan fingerprint density at radius 2 is 2.00 bits per heavy atom. The van der Waals surface area contributed by atoms with Crippen LogP contribution in [0.15, 0.2) is 53.6 Å². The highest BCUT2D eigenvalue weighted by Gasteiger charge is 2.36. The third-order valence-corrected chi connectivity index (χ3v) is 5.60. The van der Waals surface area contributed by atoms with Crippen LogP contribution in [0.3, 0.4) is 0 Å². The Kier molecular flexibility index (Phi) is 4.13. The van der Waals surface area contributed by atoms with E-state index in [-0.39, 0.29) is 11.2 Å². The van der Waals surface area contributed by atoms with Crippen LogP contribution in [0.2, 0.25) is 0 Å². The predicted molar refractivity (Wildman–Crippen MR) is 114 cm³/mol. The van der Waals surface area contributed by atoms with Crippen LogP contribution in [0.25, 0.3) is 44.3 Å². The van der Waals surface area contributed by atoms with Crippen molar-refractivity contribution in [1.29, 1.82) is 0 Å². The average Bonchev–Trinajstić information content (AvgIpc) is 3.09. The molecular weight excluding hydrogens is 434 g/mol. The van der Waals surface area contributed by atoms with E-state index in [1.807, 2.05) is 42.5 Å². The van der Waals surface area contributed by atoms with E-state index >= 15 is 0 Å². The van der Waals surface area contributed by atoms with Crippen molar-refractivity contribution in [1.82, 2.24) is 4.98 Å². The van der Waals surface area contributed by atoms with Gasteiger partial charge in [0.1, 0.15) is 17.0 Å². The topological polar surface area (TPSA) is 70.7 Å². The lowest BCUT2D eigenvalue weighted by atomic mass is 10.0. The number of alkyl halides is 1. The zero-order chi connectivity index (χ0) is 20.1. The summed E-state index contributed by atoms with van der Waals surface area (Å²) < 4.78 is 12.7. The Bertz CT molecular complexity index is 1330. The fraction of sp³-hybridized carbons (Fsp3) is 0.136. The van der Waals surface area contributed by atoms with Crippen molar-refractivity contribution in [3.8, 4) is 34.0 Å². The lowest BCUT2D eigenvalue weighted by Crippen LogP contribution is -2.37. The number of rotatable bonds is 4. The van der Waals surface area contributed by atoms with Gasteiger partial charge < -0.3 is 14.6 Å². The number of ether oxygens (including phenoxy) is 2. The van der Waals surface area contributed by atoms with Gasteiger partial charge in [-0.1, -0.05) is 34.1 Å². The molecule has 5 rings (SSSR count). The number of halogens is 1. The Morgan fingerprint density at radius 3 is 2.76 bits per heavy atom. The Balaban J connectivity index is 1.99. The van der Waals surface area contributed by atoms with Crippen molar-refractivity contribution in [3.05, 3.63) is 48.5 Å². The van der Waals surface area contributed by atoms with Crippen molar-refractivity contribution in [2.24, 2.45) is 5.10 Å². The molecule has 0 radical (unpaired) electrons. The van der Waals surface area contributed by atoms with E-state index in [0.717, 1.165) is 44.6 Å². The number of fused-ring (bicyclic) bond motifs is 4. The van der Waals surface area contributed by atoms with Crippen LogP contribution in [-0.2, 0) is 0 Å². The monoisotopic (exact) mass is 449 g/mol. The highest BCUT2D eigenvalue weighted by Crippen LogP contribution is 2.49. The molecule has 144 valence electrons. The predicted octanol–water partition coefficient (Wildman–Crippen LogP) is 3.26. The maximum Gasteiger partial charge on any atom is 0.272 e. The highest BCUT2D eigenvalue weighted by molar-refractivity contribution is 9.09. The second kappa shape index (κ2) is 6.70. The molecule has 29 heavy (non-hydrogen) atoms. The molecule has 0 bridgehead atoms. The van der Waals surface area contributed by atoms with Gasteiger partial charge in [0.25, 0.3) is 11.2 Å². The molecule has 0 saturated heterocycles. The molecule has 1 aliphatic carbocycles. The number of hydrogen-bond acceptors (Lipinski definition) is 5. The first-order valence-electron chi connectivity index (χ1n) is 9.01. The van der Waals surface area contributed by atoms with Crippen molar-refractivity contribution in [3.63, 3.8) is 0 Å². The molecule has 1 heterocycles. The van der Waals surface area contributed by atoms with Crippen LogP contribution in [0.1, 0.15) is 0 Å². The molecule has 0 unspecified atom stereocenters. The SMILES string of the molecule is COc1ccc2c(c1)nc1c([n+]2/N=C(\[O-])CBr)-c2cccc3ccc(OC)c-1c23. The van der Waals surface area contributed by atoms with Gasteiger partial charge in [-0.3, -0.25) is 0 Å². The van der Waals surface area contributed by atoms with Gasteiger partial charge in [0.2, 0.25) is 0 Å². The van der Waals surface area contributed by atoms with E-state index in [9.17, 15) is 5.11 Å². The Morgan fingerprint density at radius 1 is 1.14 bits per heavy atom. The van der Waals surface area contributed by atoms with Gasteiger partial charge in [0, 0.05) is 28.7 Å². The van der Waals surface area contributed by atoms with Crippen molar-refractivity contribution in [2.45, 2.75) is 0 Å². The second-order valence-electron chi connectivity index (χ2n) is 6.65. The molecule has 4 aromatic rings. The first-order chi connectivity index (χ1) is 14.2. The number of hydrogen-bond donors (Lipinski definition) is 0. The van der Waals surface area contributed by atoms with Gasteiger partial charge in [-0.15, -0.1) is 0 Å². The molecule has 0 atom stereocenters.